The summed E-state index contributed by atoms with van der Waals surface area (Å²) in [6.45, 7) is 7.53. The molecule has 7 nitrogen and oxygen atoms in total. The number of carbonyl (C=O) groups excluding carboxylic acids is 1. The van der Waals surface area contributed by atoms with E-state index < -0.39 is 15.9 Å². The Kier molecular flexibility index (Phi) is 6.77. The zero-order valence-corrected chi connectivity index (χ0v) is 21.9. The minimum Gasteiger partial charge on any atom is -0.322 e. The molecule has 0 saturated carbocycles. The van der Waals surface area contributed by atoms with Gasteiger partial charge in [0.05, 0.1) is 20.9 Å². The Balaban J connectivity index is 1.62. The number of thiazole rings is 1. The van der Waals surface area contributed by atoms with Crippen molar-refractivity contribution in [1.29, 1.82) is 0 Å². The molecule has 35 heavy (non-hydrogen) atoms. The second-order valence-corrected chi connectivity index (χ2v) is 11.6. The summed E-state index contributed by atoms with van der Waals surface area (Å²) in [6, 6.07) is 14.8. The number of nitrogens with zero attached hydrogens (tertiary/aromatic N) is 1. The summed E-state index contributed by atoms with van der Waals surface area (Å²) in [6.07, 6.45) is 0. The molecule has 0 aliphatic rings. The molecule has 0 unspecified atom stereocenters. The van der Waals surface area contributed by atoms with Gasteiger partial charge in [-0.05, 0) is 81.3 Å². The van der Waals surface area contributed by atoms with Gasteiger partial charge in [0.25, 0.3) is 15.9 Å². The van der Waals surface area contributed by atoms with Crippen LogP contribution in [0.2, 0.25) is 5.02 Å². The molecule has 4 aromatic rings. The molecular formula is C25H24ClN3O4S2. The standard InChI is InChI=1S/C25H24ClN3O4S2/c1-14(2)29-21-10-8-18(13-22(21)34-25(29)31)27-24(30)17-7-9-19(26)23(12-17)35(32,33)28-20-11-15(3)5-6-16(20)4/h5-14,28H,1-4H3,(H,27,30). The first-order chi connectivity index (χ1) is 16.5. The number of aromatic nitrogens is 1. The quantitative estimate of drug-likeness (QED) is 0.321. The lowest BCUT2D eigenvalue weighted by molar-refractivity contribution is 0.102. The average Bonchev–Trinajstić information content (AvgIpc) is 3.11. The summed E-state index contributed by atoms with van der Waals surface area (Å²) < 4.78 is 31.2. The summed E-state index contributed by atoms with van der Waals surface area (Å²) in [4.78, 5) is 25.0. The van der Waals surface area contributed by atoms with Gasteiger partial charge in [-0.2, -0.15) is 0 Å². The van der Waals surface area contributed by atoms with Crippen molar-refractivity contribution < 1.29 is 13.2 Å². The number of benzene rings is 3. The van der Waals surface area contributed by atoms with Crippen LogP contribution in [0, 0.1) is 13.8 Å². The second-order valence-electron chi connectivity index (χ2n) is 8.54. The predicted molar refractivity (Wildman–Crippen MR) is 143 cm³/mol. The summed E-state index contributed by atoms with van der Waals surface area (Å²) in [5, 5.41) is 2.77. The molecule has 2 N–H and O–H groups in total. The highest BCUT2D eigenvalue weighted by Crippen LogP contribution is 2.28. The molecule has 0 spiro atoms. The number of aryl methyl sites for hydroxylation is 2. The lowest BCUT2D eigenvalue weighted by Crippen LogP contribution is -2.17. The Bertz CT molecular complexity index is 1620. The van der Waals surface area contributed by atoms with Crippen LogP contribution >= 0.6 is 22.9 Å². The number of carbonyl (C=O) groups is 1. The van der Waals surface area contributed by atoms with Crippen LogP contribution in [0.3, 0.4) is 0 Å². The summed E-state index contributed by atoms with van der Waals surface area (Å²) >= 11 is 7.32. The van der Waals surface area contributed by atoms with Crippen LogP contribution in [0.4, 0.5) is 11.4 Å². The molecule has 0 aliphatic heterocycles. The van der Waals surface area contributed by atoms with Crippen molar-refractivity contribution in [3.05, 3.63) is 86.0 Å². The number of sulfonamides is 1. The molecule has 0 radical (unpaired) electrons. The first-order valence-electron chi connectivity index (χ1n) is 10.8. The van der Waals surface area contributed by atoms with E-state index in [0.29, 0.717) is 11.4 Å². The van der Waals surface area contributed by atoms with E-state index in [4.69, 9.17) is 11.6 Å². The number of rotatable bonds is 6. The number of amides is 1. The van der Waals surface area contributed by atoms with Crippen LogP contribution < -0.4 is 14.9 Å². The Morgan fingerprint density at radius 1 is 1.03 bits per heavy atom. The summed E-state index contributed by atoms with van der Waals surface area (Å²) in [5.74, 6) is -0.500. The van der Waals surface area contributed by atoms with Gasteiger partial charge in [-0.15, -0.1) is 0 Å². The topological polar surface area (TPSA) is 97.3 Å². The zero-order valence-electron chi connectivity index (χ0n) is 19.5. The monoisotopic (exact) mass is 529 g/mol. The number of hydrogen-bond acceptors (Lipinski definition) is 5. The fourth-order valence-electron chi connectivity index (χ4n) is 3.70. The van der Waals surface area contributed by atoms with Crippen molar-refractivity contribution in [2.45, 2.75) is 38.6 Å². The van der Waals surface area contributed by atoms with Crippen LogP contribution in [0.25, 0.3) is 10.2 Å². The van der Waals surface area contributed by atoms with Gasteiger partial charge in [0.15, 0.2) is 0 Å². The van der Waals surface area contributed by atoms with Crippen molar-refractivity contribution in [3.63, 3.8) is 0 Å². The average molecular weight is 530 g/mol. The molecule has 0 atom stereocenters. The maximum absolute atomic E-state index is 13.1. The van der Waals surface area contributed by atoms with Gasteiger partial charge in [-0.1, -0.05) is 35.1 Å². The highest BCUT2D eigenvalue weighted by atomic mass is 35.5. The third-order valence-corrected chi connectivity index (χ3v) is 8.27. The van der Waals surface area contributed by atoms with Crippen LogP contribution in [-0.2, 0) is 10.0 Å². The van der Waals surface area contributed by atoms with Gasteiger partial charge < -0.3 is 5.32 Å². The van der Waals surface area contributed by atoms with Gasteiger partial charge in [-0.3, -0.25) is 18.9 Å². The molecule has 1 amide bonds. The Morgan fingerprint density at radius 2 is 1.77 bits per heavy atom. The lowest BCUT2D eigenvalue weighted by Gasteiger charge is -2.13. The SMILES string of the molecule is Cc1ccc(C)c(NS(=O)(=O)c2cc(C(=O)Nc3ccc4c(c3)sc(=O)n4C(C)C)ccc2Cl)c1. The maximum atomic E-state index is 13.1. The van der Waals surface area contributed by atoms with Crippen molar-refractivity contribution in [3.8, 4) is 0 Å². The lowest BCUT2D eigenvalue weighted by atomic mass is 10.1. The molecule has 1 heterocycles. The molecule has 10 heteroatoms. The van der Waals surface area contributed by atoms with E-state index in [2.05, 4.69) is 10.0 Å². The molecule has 0 aliphatic carbocycles. The van der Waals surface area contributed by atoms with E-state index in [1.807, 2.05) is 32.9 Å². The number of fused-ring (bicyclic) bond motifs is 1. The molecule has 0 bridgehead atoms. The van der Waals surface area contributed by atoms with E-state index in [1.165, 1.54) is 18.2 Å². The maximum Gasteiger partial charge on any atom is 0.308 e. The normalized spacial score (nSPS) is 11.7. The number of anilines is 2. The van der Waals surface area contributed by atoms with Crippen molar-refractivity contribution >= 4 is 60.5 Å². The zero-order chi connectivity index (χ0) is 25.5. The summed E-state index contributed by atoms with van der Waals surface area (Å²) in [5.41, 5.74) is 3.52. The van der Waals surface area contributed by atoms with Gasteiger partial charge >= 0.3 is 4.87 Å². The third-order valence-electron chi connectivity index (χ3n) is 5.51. The van der Waals surface area contributed by atoms with Gasteiger partial charge in [-0.25, -0.2) is 8.42 Å². The molecule has 1 aromatic heterocycles. The second kappa shape index (κ2) is 9.49. The predicted octanol–water partition coefficient (Wildman–Crippen LogP) is 5.97. The van der Waals surface area contributed by atoms with Crippen molar-refractivity contribution in [2.24, 2.45) is 0 Å². The molecule has 0 fully saturated rings. The minimum atomic E-state index is -4.05. The van der Waals surface area contributed by atoms with E-state index in [9.17, 15) is 18.0 Å². The number of nitrogens with one attached hydrogen (secondary N) is 2. The van der Waals surface area contributed by atoms with Crippen LogP contribution in [0.1, 0.15) is 41.4 Å². The first kappa shape index (κ1) is 25.0. The molecule has 182 valence electrons. The van der Waals surface area contributed by atoms with E-state index in [0.717, 1.165) is 32.7 Å². The highest BCUT2D eigenvalue weighted by molar-refractivity contribution is 7.92. The summed E-state index contributed by atoms with van der Waals surface area (Å²) in [7, 11) is -4.05. The molecule has 0 saturated heterocycles. The largest absolute Gasteiger partial charge is 0.322 e. The first-order valence-corrected chi connectivity index (χ1v) is 13.5. The fraction of sp³-hybridized carbons (Fsp3) is 0.200. The smallest absolute Gasteiger partial charge is 0.308 e. The van der Waals surface area contributed by atoms with Crippen LogP contribution in [0.15, 0.2) is 64.3 Å². The minimum absolute atomic E-state index is 0.000533. The molecular weight excluding hydrogens is 506 g/mol. The fourth-order valence-corrected chi connectivity index (χ4v) is 6.40. The van der Waals surface area contributed by atoms with Crippen LogP contribution in [-0.4, -0.2) is 18.9 Å². The van der Waals surface area contributed by atoms with Gasteiger partial charge in [0, 0.05) is 17.3 Å². The van der Waals surface area contributed by atoms with Crippen molar-refractivity contribution in [2.75, 3.05) is 10.0 Å². The molecule has 3 aromatic carbocycles. The van der Waals surface area contributed by atoms with E-state index in [-0.39, 0.29) is 26.4 Å². The Labute approximate surface area is 212 Å². The third kappa shape index (κ3) is 5.12. The number of hydrogen-bond donors (Lipinski definition) is 2. The highest BCUT2D eigenvalue weighted by Gasteiger charge is 2.21. The molecule has 4 rings (SSSR count). The number of halogens is 1. The van der Waals surface area contributed by atoms with Crippen molar-refractivity contribution in [1.82, 2.24) is 4.57 Å². The van der Waals surface area contributed by atoms with Gasteiger partial charge in [0.1, 0.15) is 4.90 Å². The van der Waals surface area contributed by atoms with E-state index in [1.54, 1.807) is 35.8 Å². The van der Waals surface area contributed by atoms with Crippen LogP contribution in [0.5, 0.6) is 0 Å². The van der Waals surface area contributed by atoms with Gasteiger partial charge in [0.2, 0.25) is 0 Å². The Hall–Kier alpha value is -3.14. The Morgan fingerprint density at radius 3 is 2.49 bits per heavy atom. The van der Waals surface area contributed by atoms with E-state index >= 15 is 0 Å².